The number of methoxy groups -OCH3 is 2. The summed E-state index contributed by atoms with van der Waals surface area (Å²) in [5.74, 6) is 0.799. The van der Waals surface area contributed by atoms with E-state index in [9.17, 15) is 4.79 Å². The molecule has 2 aromatic heterocycles. The van der Waals surface area contributed by atoms with Crippen molar-refractivity contribution < 1.29 is 23.7 Å². The van der Waals surface area contributed by atoms with E-state index in [1.165, 1.54) is 22.6 Å². The second-order valence-electron chi connectivity index (χ2n) is 7.32. The van der Waals surface area contributed by atoms with Gasteiger partial charge < -0.3 is 18.9 Å². The van der Waals surface area contributed by atoms with Crippen LogP contribution in [0.4, 0.5) is 0 Å². The molecule has 0 aliphatic carbocycles. The monoisotopic (exact) mass is 516 g/mol. The van der Waals surface area contributed by atoms with Gasteiger partial charge in [0.15, 0.2) is 0 Å². The van der Waals surface area contributed by atoms with Crippen LogP contribution in [0, 0.1) is 0 Å². The van der Waals surface area contributed by atoms with Crippen molar-refractivity contribution in [1.29, 1.82) is 0 Å². The Morgan fingerprint density at radius 3 is 2.80 bits per heavy atom. The molecule has 11 heteroatoms. The first-order valence-electron chi connectivity index (χ1n) is 10.8. The predicted molar refractivity (Wildman–Crippen MR) is 133 cm³/mol. The van der Waals surface area contributed by atoms with Gasteiger partial charge in [-0.2, -0.15) is 5.10 Å². The van der Waals surface area contributed by atoms with Gasteiger partial charge in [0.05, 0.1) is 54.7 Å². The quantitative estimate of drug-likeness (QED) is 0.207. The van der Waals surface area contributed by atoms with Gasteiger partial charge in [-0.15, -0.1) is 0 Å². The fourth-order valence-corrected chi connectivity index (χ4v) is 4.51. The summed E-state index contributed by atoms with van der Waals surface area (Å²) in [6.07, 6.45) is 3.03. The normalized spacial score (nSPS) is 11.2. The van der Waals surface area contributed by atoms with Crippen LogP contribution in [-0.2, 0) is 20.9 Å². The lowest BCUT2D eigenvalue weighted by molar-refractivity contribution is 0.0356. The third kappa shape index (κ3) is 5.79. The van der Waals surface area contributed by atoms with Crippen LogP contribution in [-0.4, -0.2) is 59.3 Å². The molecule has 0 atom stereocenters. The Bertz CT molecular complexity index is 1320. The van der Waals surface area contributed by atoms with Crippen molar-refractivity contribution in [2.75, 3.05) is 34.0 Å². The molecule has 0 radical (unpaired) electrons. The van der Waals surface area contributed by atoms with Gasteiger partial charge in [0, 0.05) is 23.1 Å². The van der Waals surface area contributed by atoms with Crippen LogP contribution < -0.4 is 4.74 Å². The zero-order chi connectivity index (χ0) is 24.8. The third-order valence-corrected chi connectivity index (χ3v) is 6.47. The Morgan fingerprint density at radius 1 is 1.17 bits per heavy atom. The average Bonchev–Trinajstić information content (AvgIpc) is 3.48. The van der Waals surface area contributed by atoms with Gasteiger partial charge in [0.1, 0.15) is 12.5 Å². The molecule has 0 fully saturated rings. The van der Waals surface area contributed by atoms with Crippen LogP contribution in [0.15, 0.2) is 58.6 Å². The Hall–Kier alpha value is -3.05. The summed E-state index contributed by atoms with van der Waals surface area (Å²) in [4.78, 5) is 18.7. The van der Waals surface area contributed by atoms with Gasteiger partial charge >= 0.3 is 5.97 Å². The van der Waals surface area contributed by atoms with E-state index in [0.717, 1.165) is 21.1 Å². The van der Waals surface area contributed by atoms with E-state index >= 15 is 0 Å². The van der Waals surface area contributed by atoms with Gasteiger partial charge in [0.2, 0.25) is 5.95 Å². The molecule has 9 nitrogen and oxygen atoms in total. The maximum absolute atomic E-state index is 12.1. The summed E-state index contributed by atoms with van der Waals surface area (Å²) in [6.45, 7) is 3.09. The van der Waals surface area contributed by atoms with Crippen LogP contribution in [0.2, 0.25) is 5.02 Å². The summed E-state index contributed by atoms with van der Waals surface area (Å²) in [5.41, 5.74) is 1.81. The van der Waals surface area contributed by atoms with E-state index in [1.54, 1.807) is 27.3 Å². The highest BCUT2D eigenvalue weighted by atomic mass is 35.5. The maximum atomic E-state index is 12.1. The van der Waals surface area contributed by atoms with Crippen LogP contribution in [0.1, 0.15) is 17.3 Å². The van der Waals surface area contributed by atoms with Crippen LogP contribution in [0.25, 0.3) is 17.0 Å². The first-order chi connectivity index (χ1) is 17.0. The number of imidazole rings is 1. The zero-order valence-corrected chi connectivity index (χ0v) is 21.1. The average molecular weight is 517 g/mol. The van der Waals surface area contributed by atoms with Crippen LogP contribution >= 0.6 is 23.4 Å². The number of aromatic nitrogens is 4. The molecule has 0 spiro atoms. The minimum Gasteiger partial charge on any atom is -0.497 e. The number of benzene rings is 2. The van der Waals surface area contributed by atoms with Crippen molar-refractivity contribution in [3.63, 3.8) is 0 Å². The smallest absolute Gasteiger partial charge is 0.341 e. The molecule has 0 unspecified atom stereocenters. The molecule has 0 saturated heterocycles. The van der Waals surface area contributed by atoms with Gasteiger partial charge in [-0.1, -0.05) is 29.4 Å². The standard InChI is InChI=1S/C24H25ClN4O5S/c1-4-34-23(30)16-13-26-29(14-16)24-27-20-12-22(35-18-7-5-6-17(10-18)32-3)19(25)11-21(20)28(24)15-33-9-8-31-2/h5-7,10-14H,4,8-9,15H2,1-3H3. The van der Waals surface area contributed by atoms with Crippen molar-refractivity contribution in [1.82, 2.24) is 19.3 Å². The number of hydrogen-bond acceptors (Lipinski definition) is 8. The molecule has 0 aliphatic rings. The van der Waals surface area contributed by atoms with Crippen molar-refractivity contribution >= 4 is 40.4 Å². The molecule has 0 amide bonds. The Morgan fingerprint density at radius 2 is 2.03 bits per heavy atom. The third-order valence-electron chi connectivity index (χ3n) is 5.00. The molecule has 4 aromatic rings. The Kier molecular flexibility index (Phi) is 8.29. The molecule has 184 valence electrons. The molecule has 0 aliphatic heterocycles. The largest absolute Gasteiger partial charge is 0.497 e. The number of fused-ring (bicyclic) bond motifs is 1. The molecule has 0 N–H and O–H groups in total. The number of hydrogen-bond donors (Lipinski definition) is 0. The van der Waals surface area contributed by atoms with Gasteiger partial charge in [-0.25, -0.2) is 14.5 Å². The Balaban J connectivity index is 1.72. The van der Waals surface area contributed by atoms with Crippen molar-refractivity contribution in [2.24, 2.45) is 0 Å². The second kappa shape index (κ2) is 11.6. The lowest BCUT2D eigenvalue weighted by Crippen LogP contribution is -2.12. The number of rotatable bonds is 11. The van der Waals surface area contributed by atoms with E-state index in [2.05, 4.69) is 5.10 Å². The molecular formula is C24H25ClN4O5S. The molecule has 2 aromatic carbocycles. The zero-order valence-electron chi connectivity index (χ0n) is 19.6. The summed E-state index contributed by atoms with van der Waals surface area (Å²) in [5, 5.41) is 4.89. The number of ether oxygens (including phenoxy) is 4. The topological polar surface area (TPSA) is 89.6 Å². The molecule has 2 heterocycles. The molecule has 4 rings (SSSR count). The van der Waals surface area contributed by atoms with Crippen molar-refractivity contribution in [3.8, 4) is 11.7 Å². The predicted octanol–water partition coefficient (Wildman–Crippen LogP) is 4.83. The van der Waals surface area contributed by atoms with Crippen LogP contribution in [0.5, 0.6) is 5.75 Å². The molecule has 35 heavy (non-hydrogen) atoms. The first kappa shape index (κ1) is 25.1. The molecule has 0 saturated carbocycles. The van der Waals surface area contributed by atoms with E-state index in [0.29, 0.717) is 35.3 Å². The lowest BCUT2D eigenvalue weighted by Gasteiger charge is -2.10. The van der Waals surface area contributed by atoms with E-state index in [-0.39, 0.29) is 13.3 Å². The van der Waals surface area contributed by atoms with Gasteiger partial charge in [0.25, 0.3) is 0 Å². The van der Waals surface area contributed by atoms with Crippen molar-refractivity contribution in [3.05, 3.63) is 59.4 Å². The molecular weight excluding hydrogens is 492 g/mol. The lowest BCUT2D eigenvalue weighted by atomic mass is 10.3. The van der Waals surface area contributed by atoms with E-state index in [4.69, 9.17) is 35.5 Å². The maximum Gasteiger partial charge on any atom is 0.341 e. The number of carbonyl (C=O) groups excluding carboxylic acids is 1. The van der Waals surface area contributed by atoms with Crippen molar-refractivity contribution in [2.45, 2.75) is 23.4 Å². The highest BCUT2D eigenvalue weighted by Crippen LogP contribution is 2.37. The SMILES string of the molecule is CCOC(=O)c1cnn(-c2nc3cc(Sc4cccc(OC)c4)c(Cl)cc3n2COCCOC)c1. The van der Waals surface area contributed by atoms with E-state index < -0.39 is 5.97 Å². The minimum absolute atomic E-state index is 0.197. The Labute approximate surface area is 211 Å². The fraction of sp³-hybridized carbons (Fsp3) is 0.292. The summed E-state index contributed by atoms with van der Waals surface area (Å²) in [6, 6.07) is 11.5. The number of halogens is 1. The number of esters is 1. The van der Waals surface area contributed by atoms with Crippen LogP contribution in [0.3, 0.4) is 0 Å². The van der Waals surface area contributed by atoms with Gasteiger partial charge in [-0.3, -0.25) is 4.57 Å². The minimum atomic E-state index is -0.447. The summed E-state index contributed by atoms with van der Waals surface area (Å²) < 4.78 is 24.6. The number of nitrogens with zero attached hydrogens (tertiary/aromatic N) is 4. The van der Waals surface area contributed by atoms with E-state index in [1.807, 2.05) is 41.0 Å². The summed E-state index contributed by atoms with van der Waals surface area (Å²) in [7, 11) is 3.25. The second-order valence-corrected chi connectivity index (χ2v) is 8.84. The summed E-state index contributed by atoms with van der Waals surface area (Å²) >= 11 is 8.20. The highest BCUT2D eigenvalue weighted by molar-refractivity contribution is 7.99. The number of carbonyl (C=O) groups is 1. The first-order valence-corrected chi connectivity index (χ1v) is 12.0. The highest BCUT2D eigenvalue weighted by Gasteiger charge is 2.18. The molecule has 0 bridgehead atoms. The fourth-order valence-electron chi connectivity index (χ4n) is 3.34. The van der Waals surface area contributed by atoms with Gasteiger partial charge in [-0.05, 0) is 37.3 Å².